The van der Waals surface area contributed by atoms with Crippen LogP contribution >= 0.6 is 0 Å². The number of rotatable bonds is 6. The monoisotopic (exact) mass is 353 g/mol. The Hall–Kier alpha value is -2.56. The molecule has 0 bridgehead atoms. The Bertz CT molecular complexity index is 836. The number of hydrogen-bond donors (Lipinski definition) is 1. The number of halogens is 2. The molecule has 0 saturated heterocycles. The lowest BCUT2D eigenvalue weighted by Crippen LogP contribution is -2.30. The minimum atomic E-state index is -0.965. The van der Waals surface area contributed by atoms with E-state index < -0.39 is 11.9 Å². The Morgan fingerprint density at radius 1 is 0.808 bits per heavy atom. The van der Waals surface area contributed by atoms with Gasteiger partial charge in [-0.25, -0.2) is 8.78 Å². The van der Waals surface area contributed by atoms with Crippen LogP contribution in [0, 0.1) is 11.6 Å². The third-order valence-corrected chi connectivity index (χ3v) is 4.47. The molecule has 2 nitrogen and oxygen atoms in total. The van der Waals surface area contributed by atoms with Gasteiger partial charge in [0.15, 0.2) is 0 Å². The van der Waals surface area contributed by atoms with E-state index in [1.54, 1.807) is 30.3 Å². The molecule has 1 N–H and O–H groups in total. The molecule has 0 aliphatic heterocycles. The summed E-state index contributed by atoms with van der Waals surface area (Å²) in [5.41, 5.74) is 2.19. The van der Waals surface area contributed by atoms with E-state index in [1.165, 1.54) is 18.2 Å². The summed E-state index contributed by atoms with van der Waals surface area (Å²) in [4.78, 5) is 1.94. The van der Waals surface area contributed by atoms with Gasteiger partial charge in [0.05, 0.1) is 12.1 Å². The van der Waals surface area contributed by atoms with Crippen LogP contribution in [0.1, 0.15) is 28.8 Å². The van der Waals surface area contributed by atoms with Gasteiger partial charge in [0, 0.05) is 12.1 Å². The topological polar surface area (TPSA) is 23.5 Å². The highest BCUT2D eigenvalue weighted by Crippen LogP contribution is 2.29. The number of aliphatic hydroxyl groups is 1. The average molecular weight is 353 g/mol. The SMILES string of the molecule is CN(C[C@@H](O)c1ccccc1F)[C@@H](c1ccccc1)c1ccc(F)cc1. The van der Waals surface area contributed by atoms with Crippen molar-refractivity contribution in [2.75, 3.05) is 13.6 Å². The maximum atomic E-state index is 14.0. The van der Waals surface area contributed by atoms with Gasteiger partial charge in [-0.15, -0.1) is 0 Å². The maximum absolute atomic E-state index is 14.0. The second kappa shape index (κ2) is 8.21. The predicted octanol–water partition coefficient (Wildman–Crippen LogP) is 4.72. The van der Waals surface area contributed by atoms with Crippen molar-refractivity contribution in [1.29, 1.82) is 0 Å². The fourth-order valence-corrected chi connectivity index (χ4v) is 3.20. The molecule has 3 aromatic carbocycles. The Morgan fingerprint density at radius 2 is 1.38 bits per heavy atom. The van der Waals surface area contributed by atoms with E-state index in [9.17, 15) is 13.9 Å². The lowest BCUT2D eigenvalue weighted by Gasteiger charge is -2.31. The summed E-state index contributed by atoms with van der Waals surface area (Å²) in [6.45, 7) is 0.234. The first-order valence-electron chi connectivity index (χ1n) is 8.49. The largest absolute Gasteiger partial charge is 0.387 e. The van der Waals surface area contributed by atoms with E-state index in [-0.39, 0.29) is 24.0 Å². The molecule has 0 amide bonds. The molecule has 0 aliphatic rings. The van der Waals surface area contributed by atoms with Gasteiger partial charge in [-0.05, 0) is 36.4 Å². The van der Waals surface area contributed by atoms with Gasteiger partial charge in [-0.3, -0.25) is 4.90 Å². The van der Waals surface area contributed by atoms with E-state index in [0.717, 1.165) is 11.1 Å². The Labute approximate surface area is 152 Å². The summed E-state index contributed by atoms with van der Waals surface area (Å²) >= 11 is 0. The minimum absolute atomic E-state index is 0.182. The van der Waals surface area contributed by atoms with Crippen LogP contribution in [-0.2, 0) is 0 Å². The molecule has 0 aliphatic carbocycles. The van der Waals surface area contributed by atoms with Crippen LogP contribution in [0.15, 0.2) is 78.9 Å². The Morgan fingerprint density at radius 3 is 2.04 bits per heavy atom. The molecule has 3 aromatic rings. The van der Waals surface area contributed by atoms with Crippen molar-refractivity contribution in [2.45, 2.75) is 12.1 Å². The molecule has 134 valence electrons. The summed E-state index contributed by atoms with van der Waals surface area (Å²) in [7, 11) is 1.87. The first-order valence-corrected chi connectivity index (χ1v) is 8.49. The second-order valence-electron chi connectivity index (χ2n) is 6.34. The fourth-order valence-electron chi connectivity index (χ4n) is 3.20. The molecule has 3 rings (SSSR count). The predicted molar refractivity (Wildman–Crippen MR) is 98.7 cm³/mol. The summed E-state index contributed by atoms with van der Waals surface area (Å²) < 4.78 is 27.3. The van der Waals surface area contributed by atoms with Crippen molar-refractivity contribution in [2.24, 2.45) is 0 Å². The van der Waals surface area contributed by atoms with Crippen LogP contribution in [0.4, 0.5) is 8.78 Å². The van der Waals surface area contributed by atoms with Crippen LogP contribution in [0.2, 0.25) is 0 Å². The van der Waals surface area contributed by atoms with Crippen LogP contribution in [0.5, 0.6) is 0 Å². The minimum Gasteiger partial charge on any atom is -0.387 e. The maximum Gasteiger partial charge on any atom is 0.129 e. The molecule has 0 saturated carbocycles. The Kier molecular flexibility index (Phi) is 5.76. The van der Waals surface area contributed by atoms with Gasteiger partial charge >= 0.3 is 0 Å². The highest BCUT2D eigenvalue weighted by molar-refractivity contribution is 5.32. The van der Waals surface area contributed by atoms with Gasteiger partial charge in [0.2, 0.25) is 0 Å². The van der Waals surface area contributed by atoms with E-state index in [0.29, 0.717) is 0 Å². The summed E-state index contributed by atoms with van der Waals surface area (Å²) in [5, 5.41) is 10.5. The lowest BCUT2D eigenvalue weighted by atomic mass is 9.96. The number of likely N-dealkylation sites (N-methyl/N-ethyl adjacent to an activating group) is 1. The van der Waals surface area contributed by atoms with Crippen LogP contribution in [0.25, 0.3) is 0 Å². The van der Waals surface area contributed by atoms with E-state index in [4.69, 9.17) is 0 Å². The fraction of sp³-hybridized carbons (Fsp3) is 0.182. The molecule has 2 atom stereocenters. The number of benzene rings is 3. The second-order valence-corrected chi connectivity index (χ2v) is 6.34. The van der Waals surface area contributed by atoms with E-state index >= 15 is 0 Å². The number of hydrogen-bond acceptors (Lipinski definition) is 2. The molecule has 0 spiro atoms. The summed E-state index contributed by atoms with van der Waals surface area (Å²) in [5.74, 6) is -0.721. The first-order chi connectivity index (χ1) is 12.6. The Balaban J connectivity index is 1.89. The van der Waals surface area contributed by atoms with Crippen molar-refractivity contribution in [3.05, 3.63) is 107 Å². The zero-order valence-electron chi connectivity index (χ0n) is 14.5. The molecule has 0 heterocycles. The van der Waals surface area contributed by atoms with Crippen molar-refractivity contribution in [1.82, 2.24) is 4.90 Å². The van der Waals surface area contributed by atoms with Crippen molar-refractivity contribution in [3.8, 4) is 0 Å². The third kappa shape index (κ3) is 4.15. The quantitative estimate of drug-likeness (QED) is 0.693. The van der Waals surface area contributed by atoms with Crippen molar-refractivity contribution < 1.29 is 13.9 Å². The normalized spacial score (nSPS) is 13.6. The number of aliphatic hydroxyl groups excluding tert-OH is 1. The van der Waals surface area contributed by atoms with Gasteiger partial charge in [0.1, 0.15) is 11.6 Å². The lowest BCUT2D eigenvalue weighted by molar-refractivity contribution is 0.110. The zero-order valence-corrected chi connectivity index (χ0v) is 14.5. The van der Waals surface area contributed by atoms with Crippen LogP contribution in [-0.4, -0.2) is 23.6 Å². The van der Waals surface area contributed by atoms with Crippen molar-refractivity contribution in [3.63, 3.8) is 0 Å². The molecule has 0 unspecified atom stereocenters. The highest BCUT2D eigenvalue weighted by Gasteiger charge is 2.23. The molecule has 26 heavy (non-hydrogen) atoms. The average Bonchev–Trinajstić information content (AvgIpc) is 2.65. The van der Waals surface area contributed by atoms with E-state index in [2.05, 4.69) is 0 Å². The van der Waals surface area contributed by atoms with Gasteiger partial charge in [-0.1, -0.05) is 60.7 Å². The molecule has 4 heteroatoms. The van der Waals surface area contributed by atoms with Crippen LogP contribution < -0.4 is 0 Å². The number of nitrogens with zero attached hydrogens (tertiary/aromatic N) is 1. The van der Waals surface area contributed by atoms with Crippen LogP contribution in [0.3, 0.4) is 0 Å². The van der Waals surface area contributed by atoms with Crippen molar-refractivity contribution >= 4 is 0 Å². The van der Waals surface area contributed by atoms with Gasteiger partial charge in [0.25, 0.3) is 0 Å². The molecule has 0 aromatic heterocycles. The van der Waals surface area contributed by atoms with Gasteiger partial charge in [-0.2, -0.15) is 0 Å². The van der Waals surface area contributed by atoms with Gasteiger partial charge < -0.3 is 5.11 Å². The molecular weight excluding hydrogens is 332 g/mol. The zero-order chi connectivity index (χ0) is 18.5. The third-order valence-electron chi connectivity index (χ3n) is 4.47. The first kappa shape index (κ1) is 18.2. The molecule has 0 radical (unpaired) electrons. The summed E-state index contributed by atoms with van der Waals surface area (Å²) in [6, 6.07) is 22.1. The highest BCUT2D eigenvalue weighted by atomic mass is 19.1. The smallest absolute Gasteiger partial charge is 0.129 e. The molecular formula is C22H21F2NO. The van der Waals surface area contributed by atoms with E-state index in [1.807, 2.05) is 42.3 Å². The molecule has 0 fully saturated rings. The standard InChI is InChI=1S/C22H21F2NO/c1-25(15-21(26)19-9-5-6-10-20(19)24)22(16-7-3-2-4-8-16)17-11-13-18(23)14-12-17/h2-14,21-22,26H,15H2,1H3/t21-,22+/m1/s1. The summed E-state index contributed by atoms with van der Waals surface area (Å²) in [6.07, 6.45) is -0.965.